The topological polar surface area (TPSA) is 69.1 Å². The number of imidazole rings is 1. The van der Waals surface area contributed by atoms with Gasteiger partial charge >= 0.3 is 0 Å². The predicted octanol–water partition coefficient (Wildman–Crippen LogP) is 0.416. The zero-order valence-corrected chi connectivity index (χ0v) is 6.94. The second-order valence-electron chi connectivity index (χ2n) is 2.89. The van der Waals surface area contributed by atoms with Crippen molar-refractivity contribution in [3.05, 3.63) is 30.1 Å². The Labute approximate surface area is 74.9 Å². The van der Waals surface area contributed by atoms with Gasteiger partial charge in [0, 0.05) is 0 Å². The number of rotatable bonds is 2. The molecule has 0 saturated heterocycles. The summed E-state index contributed by atoms with van der Waals surface area (Å²) in [4.78, 5) is 7.17. The van der Waals surface area contributed by atoms with Crippen LogP contribution in [0.25, 0.3) is 11.0 Å². The summed E-state index contributed by atoms with van der Waals surface area (Å²) < 4.78 is 0. The molecule has 2 rings (SSSR count). The average molecular weight is 178 g/mol. The summed E-state index contributed by atoms with van der Waals surface area (Å²) in [6.45, 7) is 0. The highest BCUT2D eigenvalue weighted by Crippen LogP contribution is 2.10. The number of fused-ring (bicyclic) bond motifs is 1. The molecule has 0 aliphatic carbocycles. The van der Waals surface area contributed by atoms with Gasteiger partial charge < -0.3 is 15.2 Å². The van der Waals surface area contributed by atoms with Crippen LogP contribution in [0.3, 0.4) is 0 Å². The van der Waals surface area contributed by atoms with Crippen molar-refractivity contribution >= 4 is 11.0 Å². The Morgan fingerprint density at radius 2 is 2.08 bits per heavy atom. The molecule has 13 heavy (non-hydrogen) atoms. The molecule has 0 fully saturated rings. The fourth-order valence-electron chi connectivity index (χ4n) is 1.28. The first-order chi connectivity index (χ1) is 6.25. The number of aliphatic hydroxyl groups is 2. The first kappa shape index (κ1) is 8.22. The number of nitrogens with zero attached hydrogens (tertiary/aromatic N) is 1. The minimum absolute atomic E-state index is 0.134. The summed E-state index contributed by atoms with van der Waals surface area (Å²) in [7, 11) is 0. The molecule has 4 heteroatoms. The van der Waals surface area contributed by atoms with Gasteiger partial charge in [0.25, 0.3) is 0 Å². The van der Waals surface area contributed by atoms with E-state index in [1.807, 2.05) is 24.3 Å². The number of aromatic amines is 1. The van der Waals surface area contributed by atoms with Crippen LogP contribution in [0, 0.1) is 0 Å². The molecule has 0 spiro atoms. The number of aliphatic hydroxyl groups excluding tert-OH is 1. The van der Waals surface area contributed by atoms with Crippen LogP contribution in [0.4, 0.5) is 0 Å². The van der Waals surface area contributed by atoms with E-state index in [0.717, 1.165) is 11.0 Å². The number of aromatic nitrogens is 2. The second kappa shape index (κ2) is 3.16. The zero-order valence-electron chi connectivity index (χ0n) is 6.94. The number of H-pyrrole nitrogens is 1. The minimum Gasteiger partial charge on any atom is -0.368 e. The van der Waals surface area contributed by atoms with Crippen molar-refractivity contribution in [1.82, 2.24) is 9.97 Å². The van der Waals surface area contributed by atoms with Gasteiger partial charge in [0.15, 0.2) is 6.29 Å². The first-order valence-electron chi connectivity index (χ1n) is 4.05. The molecule has 0 bridgehead atoms. The molecule has 0 saturated carbocycles. The zero-order chi connectivity index (χ0) is 9.26. The maximum atomic E-state index is 8.73. The summed E-state index contributed by atoms with van der Waals surface area (Å²) in [5.74, 6) is 0.594. The lowest BCUT2D eigenvalue weighted by atomic mass is 10.3. The quantitative estimate of drug-likeness (QED) is 0.583. The average Bonchev–Trinajstić information content (AvgIpc) is 2.44. The molecule has 68 valence electrons. The van der Waals surface area contributed by atoms with E-state index in [2.05, 4.69) is 9.97 Å². The molecular formula is C9H10N2O2. The monoisotopic (exact) mass is 178 g/mol. The van der Waals surface area contributed by atoms with E-state index in [0.29, 0.717) is 5.82 Å². The van der Waals surface area contributed by atoms with Crippen molar-refractivity contribution in [2.75, 3.05) is 0 Å². The van der Waals surface area contributed by atoms with Gasteiger partial charge in [-0.1, -0.05) is 12.1 Å². The number of hydrogen-bond donors (Lipinski definition) is 3. The highest BCUT2D eigenvalue weighted by atomic mass is 16.5. The van der Waals surface area contributed by atoms with E-state index in [4.69, 9.17) is 10.2 Å². The summed E-state index contributed by atoms with van der Waals surface area (Å²) in [5, 5.41) is 17.5. The highest BCUT2D eigenvalue weighted by Gasteiger charge is 2.05. The van der Waals surface area contributed by atoms with Crippen LogP contribution in [-0.2, 0) is 6.42 Å². The van der Waals surface area contributed by atoms with E-state index in [1.54, 1.807) is 0 Å². The van der Waals surface area contributed by atoms with Gasteiger partial charge in [0.05, 0.1) is 17.5 Å². The van der Waals surface area contributed by atoms with Crippen molar-refractivity contribution in [1.29, 1.82) is 0 Å². The van der Waals surface area contributed by atoms with Gasteiger partial charge in [0.2, 0.25) is 0 Å². The number of hydrogen-bond acceptors (Lipinski definition) is 3. The van der Waals surface area contributed by atoms with Gasteiger partial charge in [-0.05, 0) is 12.1 Å². The molecule has 2 aromatic rings. The Kier molecular flexibility index (Phi) is 2.00. The van der Waals surface area contributed by atoms with Crippen LogP contribution in [0.5, 0.6) is 0 Å². The summed E-state index contributed by atoms with van der Waals surface area (Å²) >= 11 is 0. The van der Waals surface area contributed by atoms with Crippen molar-refractivity contribution < 1.29 is 10.2 Å². The summed E-state index contributed by atoms with van der Waals surface area (Å²) in [6.07, 6.45) is -1.21. The molecule has 0 atom stereocenters. The van der Waals surface area contributed by atoms with Crippen LogP contribution >= 0.6 is 0 Å². The standard InChI is InChI=1S/C9H10N2O2/c12-9(13)5-8-10-6-3-1-2-4-7(6)11-8/h1-4,9,12-13H,5H2,(H,10,11). The Balaban J connectivity index is 2.38. The molecule has 4 nitrogen and oxygen atoms in total. The fraction of sp³-hybridized carbons (Fsp3) is 0.222. The Hall–Kier alpha value is -1.39. The number of para-hydroxylation sites is 2. The first-order valence-corrected chi connectivity index (χ1v) is 4.05. The molecule has 1 aromatic carbocycles. The molecule has 0 radical (unpaired) electrons. The molecule has 0 amide bonds. The lowest BCUT2D eigenvalue weighted by Gasteiger charge is -1.97. The van der Waals surface area contributed by atoms with Crippen LogP contribution in [-0.4, -0.2) is 26.5 Å². The predicted molar refractivity (Wildman–Crippen MR) is 48.0 cm³/mol. The van der Waals surface area contributed by atoms with Crippen LogP contribution in [0.2, 0.25) is 0 Å². The Morgan fingerprint density at radius 1 is 1.31 bits per heavy atom. The minimum atomic E-state index is -1.35. The molecule has 3 N–H and O–H groups in total. The highest BCUT2D eigenvalue weighted by molar-refractivity contribution is 5.74. The molecule has 0 aliphatic rings. The smallest absolute Gasteiger partial charge is 0.158 e. The van der Waals surface area contributed by atoms with E-state index in [9.17, 15) is 0 Å². The van der Waals surface area contributed by atoms with Crippen LogP contribution in [0.15, 0.2) is 24.3 Å². The van der Waals surface area contributed by atoms with E-state index in [1.165, 1.54) is 0 Å². The fourth-order valence-corrected chi connectivity index (χ4v) is 1.28. The van der Waals surface area contributed by atoms with Gasteiger partial charge in [-0.15, -0.1) is 0 Å². The number of benzene rings is 1. The number of nitrogens with one attached hydrogen (secondary N) is 1. The molecule has 1 aromatic heterocycles. The van der Waals surface area contributed by atoms with Crippen molar-refractivity contribution in [2.45, 2.75) is 12.7 Å². The summed E-state index contributed by atoms with van der Waals surface area (Å²) in [6, 6.07) is 7.57. The van der Waals surface area contributed by atoms with E-state index in [-0.39, 0.29) is 6.42 Å². The van der Waals surface area contributed by atoms with Gasteiger partial charge in [-0.25, -0.2) is 4.98 Å². The molecule has 0 unspecified atom stereocenters. The van der Waals surface area contributed by atoms with Crippen molar-refractivity contribution in [2.24, 2.45) is 0 Å². The lowest BCUT2D eigenvalue weighted by Crippen LogP contribution is -2.09. The Morgan fingerprint density at radius 3 is 2.77 bits per heavy atom. The van der Waals surface area contributed by atoms with Gasteiger partial charge in [-0.2, -0.15) is 0 Å². The third kappa shape index (κ3) is 1.68. The van der Waals surface area contributed by atoms with Gasteiger partial charge in [0.1, 0.15) is 5.82 Å². The maximum absolute atomic E-state index is 8.73. The largest absolute Gasteiger partial charge is 0.368 e. The second-order valence-corrected chi connectivity index (χ2v) is 2.89. The van der Waals surface area contributed by atoms with Crippen molar-refractivity contribution in [3.8, 4) is 0 Å². The Bertz CT molecular complexity index is 376. The molecule has 1 heterocycles. The van der Waals surface area contributed by atoms with Crippen LogP contribution in [0.1, 0.15) is 5.82 Å². The van der Waals surface area contributed by atoms with Crippen LogP contribution < -0.4 is 0 Å². The lowest BCUT2D eigenvalue weighted by molar-refractivity contribution is -0.0393. The molecule has 0 aliphatic heterocycles. The third-order valence-corrected chi connectivity index (χ3v) is 1.81. The SMILES string of the molecule is OC(O)Cc1nc2ccccc2[nH]1. The maximum Gasteiger partial charge on any atom is 0.158 e. The summed E-state index contributed by atoms with van der Waals surface area (Å²) in [5.41, 5.74) is 1.76. The third-order valence-electron chi connectivity index (χ3n) is 1.81. The normalized spacial score (nSPS) is 11.3. The van der Waals surface area contributed by atoms with E-state index < -0.39 is 6.29 Å². The van der Waals surface area contributed by atoms with Crippen molar-refractivity contribution in [3.63, 3.8) is 0 Å². The van der Waals surface area contributed by atoms with E-state index >= 15 is 0 Å². The molecular weight excluding hydrogens is 168 g/mol. The van der Waals surface area contributed by atoms with Gasteiger partial charge in [-0.3, -0.25) is 0 Å².